The molecular weight excluding hydrogens is 246 g/mol. The topological polar surface area (TPSA) is 75.6 Å². The molecule has 5 nitrogen and oxygen atoms in total. The molecule has 0 fully saturated rings. The maximum Gasteiger partial charge on any atom is 0.305 e. The van der Waals surface area contributed by atoms with Gasteiger partial charge in [-0.3, -0.25) is 9.59 Å². The third-order valence-electron chi connectivity index (χ3n) is 2.62. The summed E-state index contributed by atoms with van der Waals surface area (Å²) in [5.41, 5.74) is 1.12. The van der Waals surface area contributed by atoms with E-state index in [1.165, 1.54) is 6.07 Å². The Bertz CT molecular complexity index is 457. The van der Waals surface area contributed by atoms with Crippen LogP contribution in [0.4, 0.5) is 0 Å². The van der Waals surface area contributed by atoms with Crippen LogP contribution in [0.1, 0.15) is 35.7 Å². The first-order valence-corrected chi connectivity index (χ1v) is 6.28. The van der Waals surface area contributed by atoms with Crippen LogP contribution in [0.5, 0.6) is 5.75 Å². The number of nitrogens with one attached hydrogen (secondary N) is 1. The van der Waals surface area contributed by atoms with Crippen LogP contribution in [-0.2, 0) is 9.53 Å². The largest absolute Gasteiger partial charge is 0.508 e. The van der Waals surface area contributed by atoms with Gasteiger partial charge in [-0.15, -0.1) is 0 Å². The lowest BCUT2D eigenvalue weighted by Gasteiger charge is -2.06. The lowest BCUT2D eigenvalue weighted by molar-refractivity contribution is -0.143. The van der Waals surface area contributed by atoms with E-state index in [-0.39, 0.29) is 24.0 Å². The summed E-state index contributed by atoms with van der Waals surface area (Å²) >= 11 is 0. The molecule has 0 aliphatic carbocycles. The molecule has 0 heterocycles. The second kappa shape index (κ2) is 7.41. The monoisotopic (exact) mass is 265 g/mol. The molecular formula is C14H19NO4. The zero-order chi connectivity index (χ0) is 14.3. The summed E-state index contributed by atoms with van der Waals surface area (Å²) in [5, 5.41) is 12.2. The fraction of sp³-hybridized carbons (Fsp3) is 0.429. The summed E-state index contributed by atoms with van der Waals surface area (Å²) in [5.74, 6) is -0.428. The molecule has 0 saturated heterocycles. The van der Waals surface area contributed by atoms with Gasteiger partial charge >= 0.3 is 5.97 Å². The van der Waals surface area contributed by atoms with E-state index in [9.17, 15) is 14.7 Å². The van der Waals surface area contributed by atoms with E-state index in [0.29, 0.717) is 25.1 Å². The normalized spacial score (nSPS) is 10.0. The minimum atomic E-state index is -0.265. The van der Waals surface area contributed by atoms with Crippen LogP contribution in [0.25, 0.3) is 0 Å². The molecule has 0 aliphatic rings. The van der Waals surface area contributed by atoms with E-state index in [2.05, 4.69) is 5.32 Å². The Morgan fingerprint density at radius 2 is 2.11 bits per heavy atom. The van der Waals surface area contributed by atoms with E-state index < -0.39 is 0 Å². The summed E-state index contributed by atoms with van der Waals surface area (Å²) in [7, 11) is 0. The van der Waals surface area contributed by atoms with Crippen LogP contribution < -0.4 is 5.32 Å². The number of esters is 1. The molecule has 0 saturated carbocycles. The van der Waals surface area contributed by atoms with Crippen LogP contribution in [0, 0.1) is 6.92 Å². The van der Waals surface area contributed by atoms with Gasteiger partial charge in [0.05, 0.1) is 6.61 Å². The van der Waals surface area contributed by atoms with Crippen molar-refractivity contribution in [3.05, 3.63) is 29.3 Å². The number of ether oxygens (including phenoxy) is 1. The zero-order valence-electron chi connectivity index (χ0n) is 11.2. The third-order valence-corrected chi connectivity index (χ3v) is 2.62. The average molecular weight is 265 g/mol. The number of hydrogen-bond acceptors (Lipinski definition) is 4. The van der Waals surface area contributed by atoms with Gasteiger partial charge in [0, 0.05) is 18.5 Å². The molecule has 104 valence electrons. The number of aryl methyl sites for hydroxylation is 1. The summed E-state index contributed by atoms with van der Waals surface area (Å²) in [4.78, 5) is 22.8. The fourth-order valence-corrected chi connectivity index (χ4v) is 1.52. The standard InChI is InChI=1S/C14H19NO4/c1-3-19-13(17)5-4-8-15-14(18)11-7-6-10(2)12(16)9-11/h6-7,9,16H,3-5,8H2,1-2H3,(H,15,18). The molecule has 2 N–H and O–H groups in total. The van der Waals surface area contributed by atoms with Gasteiger partial charge in [-0.25, -0.2) is 0 Å². The SMILES string of the molecule is CCOC(=O)CCCNC(=O)c1ccc(C)c(O)c1. The molecule has 0 aromatic heterocycles. The molecule has 0 atom stereocenters. The summed E-state index contributed by atoms with van der Waals surface area (Å²) in [6, 6.07) is 4.76. The summed E-state index contributed by atoms with van der Waals surface area (Å²) in [6.45, 7) is 4.28. The molecule has 1 rings (SSSR count). The van der Waals surface area contributed by atoms with Gasteiger partial charge in [0.1, 0.15) is 5.75 Å². The van der Waals surface area contributed by atoms with Gasteiger partial charge in [0.15, 0.2) is 0 Å². The minimum Gasteiger partial charge on any atom is -0.508 e. The molecule has 1 aromatic rings. The van der Waals surface area contributed by atoms with Crippen molar-refractivity contribution in [2.45, 2.75) is 26.7 Å². The van der Waals surface area contributed by atoms with Gasteiger partial charge in [0.25, 0.3) is 5.91 Å². The van der Waals surface area contributed by atoms with Gasteiger partial charge in [0.2, 0.25) is 0 Å². The van der Waals surface area contributed by atoms with E-state index in [1.54, 1.807) is 26.0 Å². The summed E-state index contributed by atoms with van der Waals surface area (Å²) < 4.78 is 4.78. The Labute approximate surface area is 112 Å². The predicted molar refractivity (Wildman–Crippen MR) is 71.0 cm³/mol. The number of aromatic hydroxyl groups is 1. The van der Waals surface area contributed by atoms with Crippen LogP contribution >= 0.6 is 0 Å². The van der Waals surface area contributed by atoms with E-state index in [0.717, 1.165) is 5.56 Å². The molecule has 1 amide bonds. The number of rotatable bonds is 6. The smallest absolute Gasteiger partial charge is 0.305 e. The molecule has 0 bridgehead atoms. The Balaban J connectivity index is 2.35. The Kier molecular flexibility index (Phi) is 5.85. The van der Waals surface area contributed by atoms with Crippen molar-refractivity contribution in [1.29, 1.82) is 0 Å². The lowest BCUT2D eigenvalue weighted by Crippen LogP contribution is -2.25. The first kappa shape index (κ1) is 15.0. The molecule has 0 spiro atoms. The van der Waals surface area contributed by atoms with Crippen LogP contribution in [0.15, 0.2) is 18.2 Å². The molecule has 5 heteroatoms. The fourth-order valence-electron chi connectivity index (χ4n) is 1.52. The zero-order valence-corrected chi connectivity index (χ0v) is 11.2. The molecule has 1 aromatic carbocycles. The quantitative estimate of drug-likeness (QED) is 0.607. The molecule has 0 radical (unpaired) electrons. The van der Waals surface area contributed by atoms with Crippen LogP contribution in [-0.4, -0.2) is 30.1 Å². The number of hydrogen-bond donors (Lipinski definition) is 2. The van der Waals surface area contributed by atoms with Crippen molar-refractivity contribution in [3.63, 3.8) is 0 Å². The highest BCUT2D eigenvalue weighted by Crippen LogP contribution is 2.17. The van der Waals surface area contributed by atoms with Crippen molar-refractivity contribution in [2.24, 2.45) is 0 Å². The van der Waals surface area contributed by atoms with Crippen molar-refractivity contribution in [3.8, 4) is 5.75 Å². The number of phenols is 1. The number of phenolic OH excluding ortho intramolecular Hbond substituents is 1. The van der Waals surface area contributed by atoms with Crippen molar-refractivity contribution in [2.75, 3.05) is 13.2 Å². The first-order chi connectivity index (χ1) is 9.04. The average Bonchev–Trinajstić information content (AvgIpc) is 2.38. The Hall–Kier alpha value is -2.04. The number of amides is 1. The maximum atomic E-state index is 11.7. The second-order valence-electron chi connectivity index (χ2n) is 4.17. The molecule has 19 heavy (non-hydrogen) atoms. The molecule has 0 unspecified atom stereocenters. The van der Waals surface area contributed by atoms with E-state index >= 15 is 0 Å². The summed E-state index contributed by atoms with van der Waals surface area (Å²) in [6.07, 6.45) is 0.815. The highest BCUT2D eigenvalue weighted by atomic mass is 16.5. The Morgan fingerprint density at radius 1 is 1.37 bits per heavy atom. The number of benzene rings is 1. The first-order valence-electron chi connectivity index (χ1n) is 6.28. The Morgan fingerprint density at radius 3 is 2.74 bits per heavy atom. The number of carbonyl (C=O) groups excluding carboxylic acids is 2. The van der Waals surface area contributed by atoms with Gasteiger partial charge < -0.3 is 15.2 Å². The van der Waals surface area contributed by atoms with Gasteiger partial charge in [-0.05, 0) is 38.0 Å². The van der Waals surface area contributed by atoms with E-state index in [4.69, 9.17) is 4.74 Å². The van der Waals surface area contributed by atoms with Gasteiger partial charge in [-0.1, -0.05) is 6.07 Å². The predicted octanol–water partition coefficient (Wildman–Crippen LogP) is 1.77. The minimum absolute atomic E-state index is 0.0965. The molecule has 0 aliphatic heterocycles. The van der Waals surface area contributed by atoms with Crippen molar-refractivity contribution >= 4 is 11.9 Å². The van der Waals surface area contributed by atoms with Crippen LogP contribution in [0.3, 0.4) is 0 Å². The van der Waals surface area contributed by atoms with Crippen molar-refractivity contribution < 1.29 is 19.4 Å². The highest BCUT2D eigenvalue weighted by Gasteiger charge is 2.07. The van der Waals surface area contributed by atoms with Crippen molar-refractivity contribution in [1.82, 2.24) is 5.32 Å². The third kappa shape index (κ3) is 4.99. The van der Waals surface area contributed by atoms with Crippen LogP contribution in [0.2, 0.25) is 0 Å². The second-order valence-corrected chi connectivity index (χ2v) is 4.17. The number of carbonyl (C=O) groups is 2. The van der Waals surface area contributed by atoms with E-state index in [1.807, 2.05) is 0 Å². The highest BCUT2D eigenvalue weighted by molar-refractivity contribution is 5.94. The lowest BCUT2D eigenvalue weighted by atomic mass is 10.1. The van der Waals surface area contributed by atoms with Gasteiger partial charge in [-0.2, -0.15) is 0 Å². The maximum absolute atomic E-state index is 11.7.